The summed E-state index contributed by atoms with van der Waals surface area (Å²) in [6.45, 7) is 22.0. The van der Waals surface area contributed by atoms with Crippen LogP contribution in [0.15, 0.2) is 81.8 Å². The third-order valence-electron chi connectivity index (χ3n) is 10.8. The number of rotatable bonds is 16. The normalized spacial score (nSPS) is 15.2. The first-order chi connectivity index (χ1) is 32.5. The van der Waals surface area contributed by atoms with Crippen molar-refractivity contribution in [3.63, 3.8) is 0 Å². The highest BCUT2D eigenvalue weighted by atomic mass is 32.2. The predicted molar refractivity (Wildman–Crippen MR) is 249 cm³/mol. The first kappa shape index (κ1) is 48.9. The zero-order chi connectivity index (χ0) is 48.8. The van der Waals surface area contributed by atoms with Gasteiger partial charge in [0.25, 0.3) is 11.8 Å². The van der Waals surface area contributed by atoms with E-state index in [0.717, 1.165) is 40.5 Å². The molecule has 2 heterocycles. The van der Waals surface area contributed by atoms with Gasteiger partial charge in [-0.05, 0) is 112 Å². The lowest BCUT2D eigenvalue weighted by atomic mass is 10.0. The molecule has 8 rings (SSSR count). The van der Waals surface area contributed by atoms with E-state index in [0.29, 0.717) is 71.3 Å². The predicted octanol–water partition coefficient (Wildman–Crippen LogP) is 7.46. The number of fused-ring (bicyclic) bond motifs is 2. The first-order valence-electron chi connectivity index (χ1n) is 21.5. The minimum Gasteiger partial charge on any atom is -0.502 e. The van der Waals surface area contributed by atoms with Gasteiger partial charge in [-0.15, -0.1) is 0 Å². The summed E-state index contributed by atoms with van der Waals surface area (Å²) in [5.74, 6) is 0.383. The maximum atomic E-state index is 12.3. The summed E-state index contributed by atoms with van der Waals surface area (Å²) in [5, 5.41) is 17.2. The van der Waals surface area contributed by atoms with Crippen LogP contribution in [0.2, 0.25) is 0 Å². The lowest BCUT2D eigenvalue weighted by Gasteiger charge is -2.14. The first-order valence-corrected chi connectivity index (χ1v) is 24.8. The van der Waals surface area contributed by atoms with Gasteiger partial charge in [0.05, 0.1) is 44.8 Å². The fourth-order valence-corrected chi connectivity index (χ4v) is 10.2. The summed E-state index contributed by atoms with van der Waals surface area (Å²) in [7, 11) is -6.28. The van der Waals surface area contributed by atoms with Crippen LogP contribution in [0.3, 0.4) is 0 Å². The molecule has 0 bridgehead atoms. The van der Waals surface area contributed by atoms with E-state index in [4.69, 9.17) is 36.8 Å². The maximum Gasteiger partial charge on any atom is 0.322 e. The topological polar surface area (TPSA) is 244 Å². The summed E-state index contributed by atoms with van der Waals surface area (Å²) in [5.41, 5.74) is 6.95. The molecule has 0 saturated heterocycles. The summed E-state index contributed by atoms with van der Waals surface area (Å²) in [4.78, 5) is 27.5. The van der Waals surface area contributed by atoms with Crippen molar-refractivity contribution in [3.8, 4) is 57.2 Å². The van der Waals surface area contributed by atoms with E-state index in [9.17, 15) is 21.6 Å². The highest BCUT2D eigenvalue weighted by Gasteiger charge is 2.32. The quantitative estimate of drug-likeness (QED) is 0.0630. The summed E-state index contributed by atoms with van der Waals surface area (Å²) < 4.78 is 80.9. The molecule has 19 nitrogen and oxygen atoms in total. The molecule has 0 spiro atoms. The average molecular weight is 965 g/mol. The van der Waals surface area contributed by atoms with Crippen molar-refractivity contribution in [1.29, 1.82) is 0 Å². The standard InChI is InChI=1S/C24H24N4O6S.C23H24N4O5S/c1-14(2)33-21-11-8-15(12-20(21)25-3)24-26-23(27-34-24)18-7-5-6-17-16(18)9-10-19(17)28-35(30,31)13-22(29)32-4;1-14(2)31-21-10-7-15(13-20(21)24-3)23-25-22(26-32-23)18-6-4-5-17-16(18)8-9-19(17)27-33(29,30)12-11-28/h5-8,11-12,14,19,28H,9-10,13H2,1-2,4H3;4-7,10,13-14,19,27-28H,8-9,11-12H2,1-2H3/t2*19-/m00/s1. The molecule has 0 radical (unpaired) electrons. The number of sulfonamides is 2. The second kappa shape index (κ2) is 20.9. The van der Waals surface area contributed by atoms with Crippen LogP contribution in [0.4, 0.5) is 11.4 Å². The van der Waals surface area contributed by atoms with Crippen molar-refractivity contribution in [2.24, 2.45) is 0 Å². The second-order valence-electron chi connectivity index (χ2n) is 16.3. The molecular weight excluding hydrogens is 917 g/mol. The maximum absolute atomic E-state index is 12.3. The Labute approximate surface area is 393 Å². The van der Waals surface area contributed by atoms with E-state index in [1.54, 1.807) is 42.5 Å². The van der Waals surface area contributed by atoms with Gasteiger partial charge in [0.2, 0.25) is 43.1 Å². The zero-order valence-corrected chi connectivity index (χ0v) is 39.3. The number of hydrogen-bond donors (Lipinski definition) is 3. The Morgan fingerprint density at radius 1 is 0.735 bits per heavy atom. The molecule has 2 aliphatic rings. The minimum atomic E-state index is -3.86. The van der Waals surface area contributed by atoms with Gasteiger partial charge >= 0.3 is 5.97 Å². The van der Waals surface area contributed by atoms with Gasteiger partial charge in [0.15, 0.2) is 5.75 Å². The molecule has 3 N–H and O–H groups in total. The fourth-order valence-electron chi connectivity index (χ4n) is 7.92. The third kappa shape index (κ3) is 11.4. The Hall–Kier alpha value is -7.01. The second-order valence-corrected chi connectivity index (χ2v) is 19.9. The zero-order valence-electron chi connectivity index (χ0n) is 37.7. The molecule has 0 saturated carbocycles. The molecular formula is C47H48N8O11S2. The number of hydrogen-bond acceptors (Lipinski definition) is 15. The van der Waals surface area contributed by atoms with Crippen molar-refractivity contribution in [2.75, 3.05) is 25.2 Å². The van der Waals surface area contributed by atoms with Crippen LogP contribution in [0.25, 0.3) is 55.4 Å². The smallest absolute Gasteiger partial charge is 0.322 e. The van der Waals surface area contributed by atoms with Gasteiger partial charge < -0.3 is 28.4 Å². The molecule has 2 aromatic heterocycles. The van der Waals surface area contributed by atoms with Crippen LogP contribution < -0.4 is 18.9 Å². The van der Waals surface area contributed by atoms with Crippen LogP contribution in [0.1, 0.15) is 74.9 Å². The van der Waals surface area contributed by atoms with Gasteiger partial charge in [-0.3, -0.25) is 4.79 Å². The number of nitrogens with one attached hydrogen (secondary N) is 2. The van der Waals surface area contributed by atoms with E-state index < -0.39 is 44.4 Å². The molecule has 4 aromatic carbocycles. The molecule has 0 aliphatic heterocycles. The van der Waals surface area contributed by atoms with Crippen molar-refractivity contribution in [2.45, 2.75) is 77.7 Å². The number of esters is 1. The van der Waals surface area contributed by atoms with Crippen molar-refractivity contribution < 1.29 is 50.0 Å². The molecule has 354 valence electrons. The highest BCUT2D eigenvalue weighted by molar-refractivity contribution is 7.90. The Morgan fingerprint density at radius 3 is 1.60 bits per heavy atom. The molecule has 0 fully saturated rings. The number of carbonyl (C=O) groups is 1. The van der Waals surface area contributed by atoms with Crippen LogP contribution >= 0.6 is 0 Å². The molecule has 2 aliphatic carbocycles. The average Bonchev–Trinajstić information content (AvgIpc) is 4.14. The molecule has 68 heavy (non-hydrogen) atoms. The number of ether oxygens (including phenoxy) is 3. The number of aliphatic hydroxyl groups excluding tert-OH is 1. The molecule has 0 unspecified atom stereocenters. The SMILES string of the molecule is [C-]#[N+]c1cc(-c2nc(-c3cccc4c3CC[C@@H]4NS(=O)(=O)CC(=O)OC)no2)ccc1OC(C)C.[C-]#[N+]c1cc(-c2nc(-c3cccc4c3CC[C@@H]4NS(=O)(=O)CCO)no2)ccc1OC(C)C. The van der Waals surface area contributed by atoms with Crippen molar-refractivity contribution in [1.82, 2.24) is 29.7 Å². The molecule has 21 heteroatoms. The van der Waals surface area contributed by atoms with Crippen molar-refractivity contribution in [3.05, 3.63) is 118 Å². The van der Waals surface area contributed by atoms with Gasteiger partial charge in [0, 0.05) is 34.3 Å². The summed E-state index contributed by atoms with van der Waals surface area (Å²) in [6, 6.07) is 20.5. The van der Waals surface area contributed by atoms with E-state index >= 15 is 0 Å². The van der Waals surface area contributed by atoms with E-state index in [1.807, 2.05) is 58.0 Å². The number of methoxy groups -OCH3 is 1. The van der Waals surface area contributed by atoms with E-state index in [2.05, 4.69) is 44.2 Å². The fraction of sp³-hybridized carbons (Fsp3) is 0.340. The van der Waals surface area contributed by atoms with Crippen molar-refractivity contribution >= 4 is 37.4 Å². The van der Waals surface area contributed by atoms with Crippen LogP contribution in [-0.2, 0) is 42.4 Å². The highest BCUT2D eigenvalue weighted by Crippen LogP contribution is 2.41. The van der Waals surface area contributed by atoms with Gasteiger partial charge in [-0.2, -0.15) is 9.97 Å². The Morgan fingerprint density at radius 2 is 1.19 bits per heavy atom. The third-order valence-corrected chi connectivity index (χ3v) is 13.4. The Balaban J connectivity index is 0.000000202. The molecule has 0 amide bonds. The van der Waals surface area contributed by atoms with Crippen LogP contribution in [0, 0.1) is 13.1 Å². The lowest BCUT2D eigenvalue weighted by Crippen LogP contribution is -2.33. The number of benzene rings is 4. The Kier molecular flexibility index (Phi) is 15.0. The number of aromatic nitrogens is 4. The van der Waals surface area contributed by atoms with Gasteiger partial charge in [-0.25, -0.2) is 36.0 Å². The number of carbonyl (C=O) groups excluding carboxylic acids is 1. The molecule has 6 aromatic rings. The summed E-state index contributed by atoms with van der Waals surface area (Å²) in [6.07, 6.45) is 2.28. The lowest BCUT2D eigenvalue weighted by molar-refractivity contribution is -0.137. The largest absolute Gasteiger partial charge is 0.502 e. The number of aliphatic hydroxyl groups is 1. The van der Waals surface area contributed by atoms with Gasteiger partial charge in [-0.1, -0.05) is 46.7 Å². The molecule has 2 atom stereocenters. The van der Waals surface area contributed by atoms with Crippen LogP contribution in [-0.4, -0.2) is 85.6 Å². The number of nitrogens with zero attached hydrogens (tertiary/aromatic N) is 6. The van der Waals surface area contributed by atoms with Gasteiger partial charge in [0.1, 0.15) is 11.5 Å². The minimum absolute atomic E-state index is 0.0523. The van der Waals surface area contributed by atoms with Crippen LogP contribution in [0.5, 0.6) is 11.5 Å². The van der Waals surface area contributed by atoms with E-state index in [1.165, 1.54) is 0 Å². The monoisotopic (exact) mass is 964 g/mol. The summed E-state index contributed by atoms with van der Waals surface area (Å²) >= 11 is 0. The van der Waals surface area contributed by atoms with E-state index in [-0.39, 0.29) is 35.8 Å². The Bertz CT molecular complexity index is 3140.